The first-order chi connectivity index (χ1) is 13.8. The van der Waals surface area contributed by atoms with Crippen molar-refractivity contribution >= 4 is 29.6 Å². The van der Waals surface area contributed by atoms with Crippen molar-refractivity contribution in [2.24, 2.45) is 5.16 Å². The summed E-state index contributed by atoms with van der Waals surface area (Å²) in [6.45, 7) is 2.05. The largest absolute Gasteiger partial charge is 0.438 e. The molecule has 28 heavy (non-hydrogen) atoms. The molecule has 0 saturated carbocycles. The lowest BCUT2D eigenvalue weighted by Crippen LogP contribution is -2.68. The van der Waals surface area contributed by atoms with Gasteiger partial charge < -0.3 is 4.53 Å². The quantitative estimate of drug-likeness (QED) is 0.257. The highest BCUT2D eigenvalue weighted by atomic mass is 28.4. The maximum Gasteiger partial charge on any atom is 0.380 e. The lowest BCUT2D eigenvalue weighted by Gasteiger charge is -2.30. The highest BCUT2D eigenvalue weighted by Crippen LogP contribution is 2.11. The van der Waals surface area contributed by atoms with Crippen molar-refractivity contribution in [1.82, 2.24) is 0 Å². The highest BCUT2D eigenvalue weighted by molar-refractivity contribution is 7.07. The third-order valence-electron chi connectivity index (χ3n) is 4.79. The lowest BCUT2D eigenvalue weighted by atomic mass is 10.2. The molecule has 4 heteroatoms. The molecule has 0 heterocycles. The van der Waals surface area contributed by atoms with Crippen molar-refractivity contribution in [2.75, 3.05) is 0 Å². The molecule has 3 nitrogen and oxygen atoms in total. The van der Waals surface area contributed by atoms with E-state index in [1.54, 1.807) is 0 Å². The van der Waals surface area contributed by atoms with Gasteiger partial charge in [0.05, 0.1) is 11.8 Å². The molecule has 0 radical (unpaired) electrons. The molecule has 0 atom stereocenters. The summed E-state index contributed by atoms with van der Waals surface area (Å²) >= 11 is 0. The van der Waals surface area contributed by atoms with E-state index in [9.17, 15) is 0 Å². The van der Waals surface area contributed by atoms with Crippen LogP contribution in [-0.4, -0.2) is 14.0 Å². The molecule has 0 fully saturated rings. The average Bonchev–Trinajstić information content (AvgIpc) is 2.78. The molecule has 0 aliphatic carbocycles. The maximum absolute atomic E-state index is 8.94. The number of nitriles is 1. The zero-order chi connectivity index (χ0) is 19.7. The van der Waals surface area contributed by atoms with E-state index in [0.29, 0.717) is 12.8 Å². The van der Waals surface area contributed by atoms with Crippen molar-refractivity contribution in [3.8, 4) is 6.07 Å². The SMILES string of the molecule is CCC(CCC#N)=NO[Si](c1ccccc1)(c1ccccc1)c1ccccc1. The van der Waals surface area contributed by atoms with Crippen LogP contribution < -0.4 is 15.6 Å². The Morgan fingerprint density at radius 2 is 1.25 bits per heavy atom. The van der Waals surface area contributed by atoms with Crippen LogP contribution in [0, 0.1) is 11.3 Å². The second-order valence-electron chi connectivity index (χ2n) is 6.54. The summed E-state index contributed by atoms with van der Waals surface area (Å²) in [7, 11) is -2.81. The Morgan fingerprint density at radius 1 is 0.821 bits per heavy atom. The summed E-state index contributed by atoms with van der Waals surface area (Å²) in [4.78, 5) is 0. The first kappa shape index (κ1) is 19.6. The second-order valence-corrected chi connectivity index (χ2v) is 9.82. The number of benzene rings is 3. The number of oxime groups is 1. The molecule has 0 aliphatic heterocycles. The van der Waals surface area contributed by atoms with Gasteiger partial charge in [0.2, 0.25) is 0 Å². The molecule has 3 aromatic rings. The lowest BCUT2D eigenvalue weighted by molar-refractivity contribution is 0.346. The number of nitrogens with zero attached hydrogens (tertiary/aromatic N) is 2. The summed E-state index contributed by atoms with van der Waals surface area (Å²) in [5, 5.41) is 17.0. The van der Waals surface area contributed by atoms with Crippen molar-refractivity contribution in [3.05, 3.63) is 91.0 Å². The molecule has 140 valence electrons. The average molecular weight is 385 g/mol. The van der Waals surface area contributed by atoms with Crippen molar-refractivity contribution in [1.29, 1.82) is 5.26 Å². The van der Waals surface area contributed by atoms with Gasteiger partial charge in [-0.05, 0) is 22.0 Å². The number of hydrogen-bond donors (Lipinski definition) is 0. The Morgan fingerprint density at radius 3 is 1.61 bits per heavy atom. The van der Waals surface area contributed by atoms with Gasteiger partial charge in [-0.1, -0.05) is 97.9 Å². The van der Waals surface area contributed by atoms with Gasteiger partial charge in [0.1, 0.15) is 0 Å². The Bertz CT molecular complexity index is 838. The molecule has 0 spiro atoms. The molecule has 0 N–H and O–H groups in total. The third kappa shape index (κ3) is 4.21. The molecular weight excluding hydrogens is 360 g/mol. The Labute approximate surface area is 168 Å². The zero-order valence-corrected chi connectivity index (χ0v) is 17.1. The van der Waals surface area contributed by atoms with Gasteiger partial charge in [-0.25, -0.2) is 0 Å². The van der Waals surface area contributed by atoms with E-state index in [-0.39, 0.29) is 0 Å². The molecule has 0 amide bonds. The minimum atomic E-state index is -2.81. The number of hydrogen-bond acceptors (Lipinski definition) is 3. The summed E-state index contributed by atoms with van der Waals surface area (Å²) in [5.41, 5.74) is 0.918. The van der Waals surface area contributed by atoms with Gasteiger partial charge in [0, 0.05) is 12.8 Å². The third-order valence-corrected chi connectivity index (χ3v) is 8.59. The van der Waals surface area contributed by atoms with Crippen LogP contribution in [-0.2, 0) is 4.53 Å². The maximum atomic E-state index is 8.94. The van der Waals surface area contributed by atoms with E-state index >= 15 is 0 Å². The number of rotatable bonds is 8. The smallest absolute Gasteiger partial charge is 0.380 e. The Hall–Kier alpha value is -3.16. The normalized spacial score (nSPS) is 11.6. The first-order valence-corrected chi connectivity index (χ1v) is 11.5. The first-order valence-electron chi connectivity index (χ1n) is 9.58. The summed E-state index contributed by atoms with van der Waals surface area (Å²) in [6.07, 6.45) is 1.85. The van der Waals surface area contributed by atoms with Gasteiger partial charge in [-0.2, -0.15) is 5.26 Å². The van der Waals surface area contributed by atoms with Crippen LogP contribution in [0.25, 0.3) is 0 Å². The summed E-state index contributed by atoms with van der Waals surface area (Å²) in [6, 6.07) is 33.3. The van der Waals surface area contributed by atoms with E-state index in [1.165, 1.54) is 0 Å². The van der Waals surface area contributed by atoms with Crippen LogP contribution in [0.4, 0.5) is 0 Å². The fourth-order valence-electron chi connectivity index (χ4n) is 3.30. The Balaban J connectivity index is 2.19. The molecule has 0 saturated heterocycles. The van der Waals surface area contributed by atoms with E-state index < -0.39 is 8.32 Å². The molecule has 0 unspecified atom stereocenters. The van der Waals surface area contributed by atoms with Crippen LogP contribution in [0.1, 0.15) is 26.2 Å². The van der Waals surface area contributed by atoms with Gasteiger partial charge in [-0.3, -0.25) is 0 Å². The van der Waals surface area contributed by atoms with Gasteiger partial charge in [0.25, 0.3) is 0 Å². The molecule has 0 aliphatic rings. The predicted molar refractivity (Wildman–Crippen MR) is 118 cm³/mol. The molecular formula is C24H24N2OSi. The van der Waals surface area contributed by atoms with E-state index in [2.05, 4.69) is 54.5 Å². The molecule has 0 aromatic heterocycles. The van der Waals surface area contributed by atoms with Crippen molar-refractivity contribution < 1.29 is 4.53 Å². The van der Waals surface area contributed by atoms with Crippen LogP contribution in [0.3, 0.4) is 0 Å². The molecule has 0 bridgehead atoms. The van der Waals surface area contributed by atoms with E-state index in [4.69, 9.17) is 9.79 Å². The summed E-state index contributed by atoms with van der Waals surface area (Å²) in [5.74, 6) is 0. The standard InChI is InChI=1S/C24H24N2OSi/c1-2-21(13-12-20-25)26-27-28(22-14-6-3-7-15-22,23-16-8-4-9-17-23)24-18-10-5-11-19-24/h3-11,14-19H,2,12-13H2,1H3. The fraction of sp³-hybridized carbons (Fsp3) is 0.167. The minimum absolute atomic E-state index is 0.451. The molecule has 3 aromatic carbocycles. The molecule has 3 rings (SSSR count). The zero-order valence-electron chi connectivity index (χ0n) is 16.1. The topological polar surface area (TPSA) is 45.4 Å². The van der Waals surface area contributed by atoms with Crippen LogP contribution in [0.2, 0.25) is 0 Å². The minimum Gasteiger partial charge on any atom is -0.438 e. The highest BCUT2D eigenvalue weighted by Gasteiger charge is 2.44. The van der Waals surface area contributed by atoms with Crippen molar-refractivity contribution in [3.63, 3.8) is 0 Å². The fourth-order valence-corrected chi connectivity index (χ4v) is 6.86. The van der Waals surface area contributed by atoms with Gasteiger partial charge in [0.15, 0.2) is 0 Å². The Kier molecular flexibility index (Phi) is 6.77. The van der Waals surface area contributed by atoms with Gasteiger partial charge >= 0.3 is 8.32 Å². The van der Waals surface area contributed by atoms with E-state index in [1.807, 2.05) is 54.6 Å². The predicted octanol–water partition coefficient (Wildman–Crippen LogP) is 3.74. The van der Waals surface area contributed by atoms with Crippen LogP contribution in [0.15, 0.2) is 96.2 Å². The van der Waals surface area contributed by atoms with Gasteiger partial charge in [-0.15, -0.1) is 5.16 Å². The van der Waals surface area contributed by atoms with Crippen molar-refractivity contribution in [2.45, 2.75) is 26.2 Å². The van der Waals surface area contributed by atoms with Crippen LogP contribution in [0.5, 0.6) is 0 Å². The summed E-state index contributed by atoms with van der Waals surface area (Å²) < 4.78 is 6.56. The monoisotopic (exact) mass is 384 g/mol. The van der Waals surface area contributed by atoms with E-state index in [0.717, 1.165) is 27.7 Å². The van der Waals surface area contributed by atoms with Crippen LogP contribution >= 0.6 is 0 Å². The second kappa shape index (κ2) is 9.68.